The summed E-state index contributed by atoms with van der Waals surface area (Å²) in [6.07, 6.45) is 4.19. The Morgan fingerprint density at radius 1 is 1.06 bits per heavy atom. The lowest BCUT2D eigenvalue weighted by molar-refractivity contribution is 0.0319. The number of likely N-dealkylation sites (tertiary alicyclic amines) is 1. The number of sulfonamides is 1. The predicted molar refractivity (Wildman–Crippen MR) is 122 cm³/mol. The van der Waals surface area contributed by atoms with E-state index in [2.05, 4.69) is 36.1 Å². The van der Waals surface area contributed by atoms with Crippen LogP contribution in [0.5, 0.6) is 5.75 Å². The van der Waals surface area contributed by atoms with Gasteiger partial charge in [0.1, 0.15) is 10.6 Å². The molecule has 0 amide bonds. The Hall–Kier alpha value is -1.89. The minimum atomic E-state index is -3.55. The van der Waals surface area contributed by atoms with Crippen LogP contribution in [0.4, 0.5) is 0 Å². The first-order chi connectivity index (χ1) is 14.9. The SMILES string of the molecule is Cc1cccc(CN2CCC3(CC2)COc2ccccc2S(=O)(=O)N(CC2CC2)C3)c1. The van der Waals surface area contributed by atoms with E-state index in [1.54, 1.807) is 22.5 Å². The zero-order chi connectivity index (χ0) is 21.5. The number of para-hydroxylation sites is 1. The molecule has 5 nitrogen and oxygen atoms in total. The van der Waals surface area contributed by atoms with Crippen LogP contribution in [0.15, 0.2) is 53.4 Å². The van der Waals surface area contributed by atoms with E-state index >= 15 is 0 Å². The van der Waals surface area contributed by atoms with Gasteiger partial charge >= 0.3 is 0 Å². The van der Waals surface area contributed by atoms with Gasteiger partial charge in [0.15, 0.2) is 0 Å². The molecule has 0 radical (unpaired) electrons. The van der Waals surface area contributed by atoms with Gasteiger partial charge in [-0.25, -0.2) is 8.42 Å². The third kappa shape index (κ3) is 4.52. The molecule has 166 valence electrons. The molecule has 0 N–H and O–H groups in total. The van der Waals surface area contributed by atoms with E-state index in [1.807, 2.05) is 6.07 Å². The highest BCUT2D eigenvalue weighted by Crippen LogP contribution is 2.41. The molecule has 2 heterocycles. The van der Waals surface area contributed by atoms with Gasteiger partial charge in [-0.05, 0) is 69.3 Å². The fourth-order valence-corrected chi connectivity index (χ4v) is 6.73. The van der Waals surface area contributed by atoms with Gasteiger partial charge in [0.25, 0.3) is 0 Å². The van der Waals surface area contributed by atoms with Gasteiger partial charge in [-0.2, -0.15) is 4.31 Å². The number of aryl methyl sites for hydroxylation is 1. The van der Waals surface area contributed by atoms with Gasteiger partial charge in [-0.1, -0.05) is 42.0 Å². The first-order valence-corrected chi connectivity index (χ1v) is 12.9. The third-order valence-electron chi connectivity index (χ3n) is 7.08. The van der Waals surface area contributed by atoms with E-state index in [0.29, 0.717) is 36.3 Å². The van der Waals surface area contributed by atoms with Crippen molar-refractivity contribution in [2.24, 2.45) is 11.3 Å². The van der Waals surface area contributed by atoms with Gasteiger partial charge in [-0.3, -0.25) is 4.90 Å². The number of rotatable bonds is 4. The van der Waals surface area contributed by atoms with Crippen LogP contribution in [0.1, 0.15) is 36.8 Å². The molecule has 31 heavy (non-hydrogen) atoms. The second-order valence-electron chi connectivity index (χ2n) is 9.74. The first-order valence-electron chi connectivity index (χ1n) is 11.4. The van der Waals surface area contributed by atoms with Gasteiger partial charge in [0, 0.05) is 25.0 Å². The molecule has 2 fully saturated rings. The number of ether oxygens (including phenoxy) is 1. The van der Waals surface area contributed by atoms with Crippen molar-refractivity contribution in [2.45, 2.75) is 44.0 Å². The summed E-state index contributed by atoms with van der Waals surface area (Å²) < 4.78 is 35.0. The molecule has 2 aromatic rings. The molecule has 0 unspecified atom stereocenters. The van der Waals surface area contributed by atoms with Gasteiger partial charge in [0.2, 0.25) is 10.0 Å². The van der Waals surface area contributed by atoms with Crippen molar-refractivity contribution in [3.8, 4) is 5.75 Å². The Bertz CT molecular complexity index is 1040. The van der Waals surface area contributed by atoms with Crippen LogP contribution >= 0.6 is 0 Å². The van der Waals surface area contributed by atoms with Crippen LogP contribution in [0.2, 0.25) is 0 Å². The summed E-state index contributed by atoms with van der Waals surface area (Å²) >= 11 is 0. The van der Waals surface area contributed by atoms with Crippen molar-refractivity contribution in [1.29, 1.82) is 0 Å². The van der Waals surface area contributed by atoms with E-state index < -0.39 is 10.0 Å². The summed E-state index contributed by atoms with van der Waals surface area (Å²) in [6, 6.07) is 15.8. The Kier molecular flexibility index (Phi) is 5.57. The molecule has 2 aliphatic heterocycles. The molecule has 2 aromatic carbocycles. The largest absolute Gasteiger partial charge is 0.492 e. The number of hydrogen-bond donors (Lipinski definition) is 0. The Morgan fingerprint density at radius 2 is 1.84 bits per heavy atom. The van der Waals surface area contributed by atoms with Crippen LogP contribution in [0.3, 0.4) is 0 Å². The van der Waals surface area contributed by atoms with Crippen LogP contribution in [0, 0.1) is 18.3 Å². The zero-order valence-corrected chi connectivity index (χ0v) is 19.1. The lowest BCUT2D eigenvalue weighted by Gasteiger charge is -2.45. The maximum absolute atomic E-state index is 13.5. The fraction of sp³-hybridized carbons (Fsp3) is 0.520. The lowest BCUT2D eigenvalue weighted by atomic mass is 9.78. The zero-order valence-electron chi connectivity index (χ0n) is 18.3. The highest BCUT2D eigenvalue weighted by molar-refractivity contribution is 7.89. The van der Waals surface area contributed by atoms with E-state index in [-0.39, 0.29) is 5.41 Å². The van der Waals surface area contributed by atoms with Crippen LogP contribution in [-0.4, -0.2) is 50.4 Å². The summed E-state index contributed by atoms with van der Waals surface area (Å²) in [7, 11) is -3.55. The lowest BCUT2D eigenvalue weighted by Crippen LogP contribution is -2.51. The molecule has 1 saturated heterocycles. The van der Waals surface area contributed by atoms with Gasteiger partial charge in [-0.15, -0.1) is 0 Å². The molecule has 3 aliphatic rings. The van der Waals surface area contributed by atoms with E-state index in [0.717, 1.165) is 45.3 Å². The molecule has 0 aromatic heterocycles. The highest BCUT2D eigenvalue weighted by atomic mass is 32.2. The summed E-state index contributed by atoms with van der Waals surface area (Å²) in [5, 5.41) is 0. The van der Waals surface area contributed by atoms with Crippen LogP contribution in [0.25, 0.3) is 0 Å². The minimum Gasteiger partial charge on any atom is -0.492 e. The van der Waals surface area contributed by atoms with Crippen molar-refractivity contribution in [3.05, 3.63) is 59.7 Å². The Morgan fingerprint density at radius 3 is 2.58 bits per heavy atom. The van der Waals surface area contributed by atoms with Crippen molar-refractivity contribution < 1.29 is 13.2 Å². The summed E-state index contributed by atoms with van der Waals surface area (Å²) in [5.41, 5.74) is 2.51. The average Bonchev–Trinajstić information content (AvgIpc) is 3.57. The molecule has 0 bridgehead atoms. The second-order valence-corrected chi connectivity index (χ2v) is 11.6. The second kappa shape index (κ2) is 8.23. The Labute approximate surface area is 186 Å². The topological polar surface area (TPSA) is 49.9 Å². The monoisotopic (exact) mass is 440 g/mol. The summed E-state index contributed by atoms with van der Waals surface area (Å²) in [6.45, 7) is 6.81. The van der Waals surface area contributed by atoms with Gasteiger partial charge < -0.3 is 4.74 Å². The molecule has 1 aliphatic carbocycles. The highest BCUT2D eigenvalue weighted by Gasteiger charge is 2.44. The summed E-state index contributed by atoms with van der Waals surface area (Å²) in [5.74, 6) is 1.02. The molecule has 0 atom stereocenters. The molecule has 5 rings (SSSR count). The van der Waals surface area contributed by atoms with Gasteiger partial charge in [0.05, 0.1) is 6.61 Å². The van der Waals surface area contributed by atoms with Crippen molar-refractivity contribution in [3.63, 3.8) is 0 Å². The van der Waals surface area contributed by atoms with Crippen molar-refractivity contribution >= 4 is 10.0 Å². The first kappa shape index (κ1) is 21.0. The fourth-order valence-electron chi connectivity index (χ4n) is 4.96. The third-order valence-corrected chi connectivity index (χ3v) is 8.93. The van der Waals surface area contributed by atoms with Crippen LogP contribution in [-0.2, 0) is 16.6 Å². The average molecular weight is 441 g/mol. The van der Waals surface area contributed by atoms with E-state index in [1.165, 1.54) is 11.1 Å². The number of nitrogens with zero attached hydrogens (tertiary/aromatic N) is 2. The number of fused-ring (bicyclic) bond motifs is 1. The molecule has 1 saturated carbocycles. The molecular weight excluding hydrogens is 408 g/mol. The smallest absolute Gasteiger partial charge is 0.246 e. The predicted octanol–water partition coefficient (Wildman–Crippen LogP) is 4.07. The maximum Gasteiger partial charge on any atom is 0.246 e. The Balaban J connectivity index is 1.36. The molecule has 6 heteroatoms. The van der Waals surface area contributed by atoms with E-state index in [4.69, 9.17) is 4.74 Å². The molecule has 1 spiro atoms. The number of hydrogen-bond acceptors (Lipinski definition) is 4. The standard InChI is InChI=1S/C25H32N2O3S/c1-20-5-4-6-22(15-20)16-26-13-11-25(12-14-26)18-27(17-21-9-10-21)31(28,29)24-8-3-2-7-23(24)30-19-25/h2-8,15,21H,9-14,16-19H2,1H3. The molecular formula is C25H32N2O3S. The summed E-state index contributed by atoms with van der Waals surface area (Å²) in [4.78, 5) is 2.81. The number of piperidine rings is 1. The van der Waals surface area contributed by atoms with E-state index in [9.17, 15) is 8.42 Å². The quantitative estimate of drug-likeness (QED) is 0.719. The van der Waals surface area contributed by atoms with Crippen molar-refractivity contribution in [2.75, 3.05) is 32.8 Å². The van der Waals surface area contributed by atoms with Crippen molar-refractivity contribution in [1.82, 2.24) is 9.21 Å². The normalized spacial score (nSPS) is 23.5. The number of benzene rings is 2. The minimum absolute atomic E-state index is 0.126. The van der Waals surface area contributed by atoms with Crippen LogP contribution < -0.4 is 4.74 Å². The maximum atomic E-state index is 13.5.